The van der Waals surface area contributed by atoms with Crippen LogP contribution in [0.3, 0.4) is 0 Å². The van der Waals surface area contributed by atoms with Crippen molar-refractivity contribution in [2.24, 2.45) is 0 Å². The fraction of sp³-hybridized carbons (Fsp3) is 0.357. The topological polar surface area (TPSA) is 164 Å². The number of nitrogens with one attached hydrogen (secondary N) is 2. The molecule has 0 aliphatic heterocycles. The van der Waals surface area contributed by atoms with E-state index in [-0.39, 0.29) is 38.6 Å². The highest BCUT2D eigenvalue weighted by molar-refractivity contribution is 5.81. The van der Waals surface area contributed by atoms with Gasteiger partial charge in [-0.25, -0.2) is 23.9 Å². The molecule has 0 bridgehead atoms. The number of carbonyl (C=O) groups is 3. The third kappa shape index (κ3) is 10.6. The van der Waals surface area contributed by atoms with Crippen LogP contribution in [0.4, 0.5) is 15.4 Å². The molecule has 1 aromatic heterocycles. The van der Waals surface area contributed by atoms with Gasteiger partial charge in [-0.15, -0.1) is 0 Å². The maximum atomic E-state index is 12.8. The second-order valence-corrected chi connectivity index (χ2v) is 8.98. The van der Waals surface area contributed by atoms with Gasteiger partial charge in [0.05, 0.1) is 0 Å². The third-order valence-corrected chi connectivity index (χ3v) is 5.97. The molecule has 0 radical (unpaired) electrons. The number of aryl methyl sites for hydroxylation is 1. The molecule has 1 heterocycles. The van der Waals surface area contributed by atoms with Crippen molar-refractivity contribution in [3.05, 3.63) is 93.9 Å². The second-order valence-electron chi connectivity index (χ2n) is 8.98. The number of unbranched alkanes of at least 4 members (excludes halogenated alkanes) is 1. The third-order valence-electron chi connectivity index (χ3n) is 5.97. The van der Waals surface area contributed by atoms with Gasteiger partial charge in [-0.05, 0) is 35.3 Å². The van der Waals surface area contributed by atoms with Crippen molar-refractivity contribution >= 4 is 24.0 Å². The molecular weight excluding hydrogens is 534 g/mol. The summed E-state index contributed by atoms with van der Waals surface area (Å²) < 4.78 is 17.1. The van der Waals surface area contributed by atoms with Gasteiger partial charge in [-0.2, -0.15) is 0 Å². The maximum Gasteiger partial charge on any atom is 0.408 e. The van der Waals surface area contributed by atoms with Gasteiger partial charge < -0.3 is 35.0 Å². The van der Waals surface area contributed by atoms with E-state index in [4.69, 9.17) is 14.2 Å². The predicted octanol–water partition coefficient (Wildman–Crippen LogP) is 4.03. The van der Waals surface area contributed by atoms with Gasteiger partial charge in [0, 0.05) is 13.5 Å². The first-order valence-electron chi connectivity index (χ1n) is 13.1. The van der Waals surface area contributed by atoms with Crippen molar-refractivity contribution in [1.29, 1.82) is 0 Å². The largest absolute Gasteiger partial charge is 0.460 e. The maximum absolute atomic E-state index is 12.8. The normalized spacial score (nSPS) is 11.2. The van der Waals surface area contributed by atoms with E-state index < -0.39 is 29.1 Å². The molecule has 1 atom stereocenters. The van der Waals surface area contributed by atoms with E-state index in [2.05, 4.69) is 15.6 Å². The number of aromatic nitrogens is 2. The molecule has 0 saturated carbocycles. The molecule has 3 aromatic rings. The number of alkyl carbamates (subject to hydrolysis) is 2. The Hall–Kier alpha value is -4.94. The molecule has 3 rings (SSSR count). The summed E-state index contributed by atoms with van der Waals surface area (Å²) in [5.41, 5.74) is 1.65. The summed E-state index contributed by atoms with van der Waals surface area (Å²) in [6.07, 6.45) is 0.964. The first kappa shape index (κ1) is 30.6. The number of imidazole rings is 1. The molecule has 0 fully saturated rings. The second kappa shape index (κ2) is 16.2. The predicted molar refractivity (Wildman–Crippen MR) is 147 cm³/mol. The molecule has 0 aliphatic rings. The number of esters is 1. The van der Waals surface area contributed by atoms with Gasteiger partial charge in [0.2, 0.25) is 0 Å². The molecule has 2 aromatic carbocycles. The number of benzene rings is 2. The Balaban J connectivity index is 1.46. The van der Waals surface area contributed by atoms with Crippen LogP contribution in [0.25, 0.3) is 0 Å². The molecule has 0 aliphatic carbocycles. The fourth-order valence-electron chi connectivity index (χ4n) is 3.81. The molecule has 0 unspecified atom stereocenters. The minimum absolute atomic E-state index is 0.0209. The summed E-state index contributed by atoms with van der Waals surface area (Å²) in [6, 6.07) is 17.3. The fourth-order valence-corrected chi connectivity index (χ4v) is 3.81. The smallest absolute Gasteiger partial charge is 0.408 e. The number of amides is 2. The zero-order valence-electron chi connectivity index (χ0n) is 22.7. The summed E-state index contributed by atoms with van der Waals surface area (Å²) in [6.45, 7) is 1.94. The summed E-state index contributed by atoms with van der Waals surface area (Å²) in [5.74, 6) is -0.522. The van der Waals surface area contributed by atoms with E-state index in [1.807, 2.05) is 48.5 Å². The lowest BCUT2D eigenvalue weighted by Crippen LogP contribution is -2.42. The minimum atomic E-state index is -1.03. The highest BCUT2D eigenvalue weighted by atomic mass is 16.6. The Bertz CT molecular complexity index is 1280. The lowest BCUT2D eigenvalue weighted by atomic mass is 10.1. The van der Waals surface area contributed by atoms with Crippen molar-refractivity contribution in [1.82, 2.24) is 20.2 Å². The van der Waals surface area contributed by atoms with Crippen LogP contribution >= 0.6 is 0 Å². The van der Waals surface area contributed by atoms with E-state index in [1.54, 1.807) is 19.1 Å². The van der Waals surface area contributed by atoms with Crippen LogP contribution in [-0.4, -0.2) is 51.8 Å². The van der Waals surface area contributed by atoms with Gasteiger partial charge in [-0.1, -0.05) is 60.7 Å². The first-order chi connectivity index (χ1) is 19.8. The average Bonchev–Trinajstić information content (AvgIpc) is 3.35. The molecule has 13 heteroatoms. The molecule has 13 nitrogen and oxygen atoms in total. The van der Waals surface area contributed by atoms with Crippen LogP contribution in [0, 0.1) is 17.0 Å². The average molecular weight is 568 g/mol. The highest BCUT2D eigenvalue weighted by Crippen LogP contribution is 2.13. The zero-order valence-corrected chi connectivity index (χ0v) is 22.7. The van der Waals surface area contributed by atoms with Gasteiger partial charge in [0.25, 0.3) is 0 Å². The number of ether oxygens (including phenoxy) is 3. The number of hydrogen-bond acceptors (Lipinski definition) is 9. The Morgan fingerprint density at radius 2 is 1.54 bits per heavy atom. The lowest BCUT2D eigenvalue weighted by Gasteiger charge is -2.18. The quantitative estimate of drug-likeness (QED) is 0.0907. The van der Waals surface area contributed by atoms with E-state index >= 15 is 0 Å². The Morgan fingerprint density at radius 1 is 0.927 bits per heavy atom. The van der Waals surface area contributed by atoms with Crippen LogP contribution in [-0.2, 0) is 38.8 Å². The van der Waals surface area contributed by atoms with Crippen molar-refractivity contribution in [3.8, 4) is 0 Å². The SMILES string of the molecule is Cc1ncc([N+](=O)[O-])n1CCOC(=O)[C@H](CCCCNC(=O)OCc1ccccc1)NC(=O)OCc1ccccc1. The molecule has 2 N–H and O–H groups in total. The molecule has 218 valence electrons. The van der Waals surface area contributed by atoms with Crippen LogP contribution in [0.5, 0.6) is 0 Å². The van der Waals surface area contributed by atoms with Gasteiger partial charge in [0.1, 0.15) is 38.6 Å². The van der Waals surface area contributed by atoms with E-state index in [0.717, 1.165) is 17.3 Å². The molecular formula is C28H33N5O8. The highest BCUT2D eigenvalue weighted by Gasteiger charge is 2.24. The summed E-state index contributed by atoms with van der Waals surface area (Å²) >= 11 is 0. The Labute approximate surface area is 237 Å². The summed E-state index contributed by atoms with van der Waals surface area (Å²) in [7, 11) is 0. The zero-order chi connectivity index (χ0) is 29.5. The molecule has 2 amide bonds. The minimum Gasteiger partial charge on any atom is -0.460 e. The molecule has 0 saturated heterocycles. The Morgan fingerprint density at radius 3 is 2.15 bits per heavy atom. The number of hydrogen-bond donors (Lipinski definition) is 2. The number of nitrogens with zero attached hydrogens (tertiary/aromatic N) is 3. The van der Waals surface area contributed by atoms with Gasteiger partial charge in [-0.3, -0.25) is 0 Å². The monoisotopic (exact) mass is 567 g/mol. The number of rotatable bonds is 15. The van der Waals surface area contributed by atoms with Crippen molar-refractivity contribution in [2.45, 2.75) is 52.0 Å². The van der Waals surface area contributed by atoms with Crippen LogP contribution in [0.15, 0.2) is 66.9 Å². The summed E-state index contributed by atoms with van der Waals surface area (Å²) in [4.78, 5) is 51.7. The molecule has 41 heavy (non-hydrogen) atoms. The van der Waals surface area contributed by atoms with Crippen molar-refractivity contribution in [3.63, 3.8) is 0 Å². The van der Waals surface area contributed by atoms with Crippen LogP contribution in [0.1, 0.15) is 36.2 Å². The first-order valence-corrected chi connectivity index (χ1v) is 13.1. The lowest BCUT2D eigenvalue weighted by molar-refractivity contribution is -0.392. The van der Waals surface area contributed by atoms with E-state index in [0.29, 0.717) is 25.2 Å². The van der Waals surface area contributed by atoms with E-state index in [1.165, 1.54) is 4.57 Å². The van der Waals surface area contributed by atoms with Gasteiger partial charge in [0.15, 0.2) is 5.82 Å². The Kier molecular flexibility index (Phi) is 12.1. The number of carbonyl (C=O) groups excluding carboxylic acids is 3. The molecule has 0 spiro atoms. The number of nitro groups is 1. The van der Waals surface area contributed by atoms with Gasteiger partial charge >= 0.3 is 24.0 Å². The van der Waals surface area contributed by atoms with Crippen LogP contribution < -0.4 is 10.6 Å². The van der Waals surface area contributed by atoms with Crippen molar-refractivity contribution in [2.75, 3.05) is 13.2 Å². The summed E-state index contributed by atoms with van der Waals surface area (Å²) in [5, 5.41) is 16.4. The van der Waals surface area contributed by atoms with Crippen LogP contribution in [0.2, 0.25) is 0 Å². The van der Waals surface area contributed by atoms with E-state index in [9.17, 15) is 24.5 Å². The standard InChI is InChI=1S/C28H33N5O8/c1-21-30-18-25(33(37)38)32(21)16-17-39-26(34)24(31-28(36)41-20-23-12-6-3-7-13-23)14-8-9-15-29-27(35)40-19-22-10-4-2-5-11-22/h2-7,10-13,18,24H,8-9,14-17,19-20H2,1H3,(H,29,35)(H,31,36)/t24-/m0/s1. The van der Waals surface area contributed by atoms with Crippen molar-refractivity contribution < 1.29 is 33.5 Å².